The summed E-state index contributed by atoms with van der Waals surface area (Å²) in [6.45, 7) is 10.1. The number of anilines is 1. The number of piperidine rings is 1. The van der Waals surface area contributed by atoms with Crippen molar-refractivity contribution in [2.24, 2.45) is 5.92 Å². The third-order valence-electron chi connectivity index (χ3n) is 8.22. The number of carbonyl (C=O) groups excluding carboxylic acids is 2. The van der Waals surface area contributed by atoms with Crippen molar-refractivity contribution in [3.05, 3.63) is 41.2 Å². The number of aryl methyl sites for hydroxylation is 1. The van der Waals surface area contributed by atoms with E-state index in [-0.39, 0.29) is 24.3 Å². The molecule has 13 heteroatoms. The second-order valence-electron chi connectivity index (χ2n) is 11.5. The highest BCUT2D eigenvalue weighted by Crippen LogP contribution is 2.35. The molecule has 2 fully saturated rings. The number of likely N-dealkylation sites (tertiary alicyclic amines) is 1. The summed E-state index contributed by atoms with van der Waals surface area (Å²) in [6.07, 6.45) is 1.09. The average molecular weight is 591 g/mol. The summed E-state index contributed by atoms with van der Waals surface area (Å²) >= 11 is 0. The molecule has 41 heavy (non-hydrogen) atoms. The highest BCUT2D eigenvalue weighted by molar-refractivity contribution is 7.92. The highest BCUT2D eigenvalue weighted by atomic mass is 32.2. The van der Waals surface area contributed by atoms with Gasteiger partial charge >= 0.3 is 0 Å². The summed E-state index contributed by atoms with van der Waals surface area (Å²) in [4.78, 5) is 31.0. The number of sulfonamides is 1. The van der Waals surface area contributed by atoms with Crippen molar-refractivity contribution < 1.29 is 27.9 Å². The van der Waals surface area contributed by atoms with Gasteiger partial charge in [0.1, 0.15) is 11.6 Å². The first kappa shape index (κ1) is 30.9. The van der Waals surface area contributed by atoms with Gasteiger partial charge in [0.2, 0.25) is 21.8 Å². The van der Waals surface area contributed by atoms with Crippen LogP contribution in [-0.4, -0.2) is 102 Å². The maximum Gasteiger partial charge on any atom is 0.248 e. The standard InChI is InChI=1S/C28H42N6O6S/c1-18(2)25(35)24-26(36)33(15-16-40-5)28(27(37)29-24)11-13-32(14-12-28)17-23-19(3)30-34(20(23)4)22-9-7-21(8-10-22)31-41(6,38)39/h7-10,18,24-25,31,35H,11-17H2,1-6H3,(H,29,37)/t24-,25-/m1/s1. The normalized spacial score (nSPS) is 20.5. The molecule has 0 radical (unpaired) electrons. The molecule has 2 aliphatic rings. The first-order valence-electron chi connectivity index (χ1n) is 13.9. The largest absolute Gasteiger partial charge is 0.390 e. The number of amides is 2. The zero-order chi connectivity index (χ0) is 30.1. The van der Waals surface area contributed by atoms with E-state index in [1.165, 1.54) is 0 Å². The Labute approximate surface area is 242 Å². The maximum atomic E-state index is 13.5. The predicted octanol–water partition coefficient (Wildman–Crippen LogP) is 1.19. The Bertz CT molecular complexity index is 1370. The van der Waals surface area contributed by atoms with Crippen LogP contribution in [0.3, 0.4) is 0 Å². The van der Waals surface area contributed by atoms with Crippen molar-refractivity contribution in [3.63, 3.8) is 0 Å². The number of aliphatic hydroxyl groups excluding tert-OH is 1. The smallest absolute Gasteiger partial charge is 0.248 e. The predicted molar refractivity (Wildman–Crippen MR) is 155 cm³/mol. The molecule has 3 N–H and O–H groups in total. The van der Waals surface area contributed by atoms with Gasteiger partial charge in [-0.3, -0.25) is 19.2 Å². The van der Waals surface area contributed by atoms with Crippen molar-refractivity contribution in [3.8, 4) is 5.69 Å². The summed E-state index contributed by atoms with van der Waals surface area (Å²) in [5, 5.41) is 18.2. The summed E-state index contributed by atoms with van der Waals surface area (Å²) < 4.78 is 32.6. The van der Waals surface area contributed by atoms with Crippen LogP contribution >= 0.6 is 0 Å². The van der Waals surface area contributed by atoms with Crippen LogP contribution in [0.15, 0.2) is 24.3 Å². The SMILES string of the molecule is COCCN1C(=O)[C@@H]([C@H](O)C(C)C)NC(=O)C12CCN(Cc1c(C)nn(-c3ccc(NS(C)(=O)=O)cc3)c1C)CC2. The fourth-order valence-corrected chi connectivity index (χ4v) is 6.37. The molecule has 2 atom stereocenters. The molecule has 0 bridgehead atoms. The van der Waals surface area contributed by atoms with E-state index in [0.29, 0.717) is 44.8 Å². The minimum absolute atomic E-state index is 0.182. The molecule has 1 aromatic heterocycles. The number of benzene rings is 1. The molecular formula is C28H42N6O6S. The van der Waals surface area contributed by atoms with Crippen LogP contribution in [0.1, 0.15) is 43.6 Å². The van der Waals surface area contributed by atoms with E-state index in [1.807, 2.05) is 44.5 Å². The Kier molecular flexibility index (Phi) is 9.12. The van der Waals surface area contributed by atoms with Gasteiger partial charge in [-0.1, -0.05) is 13.8 Å². The molecule has 0 aliphatic carbocycles. The summed E-state index contributed by atoms with van der Waals surface area (Å²) in [5.74, 6) is -0.660. The molecule has 2 aromatic rings. The van der Waals surface area contributed by atoms with Gasteiger partial charge in [-0.15, -0.1) is 0 Å². The minimum Gasteiger partial charge on any atom is -0.390 e. The zero-order valence-electron chi connectivity index (χ0n) is 24.7. The molecule has 0 unspecified atom stereocenters. The second kappa shape index (κ2) is 12.1. The van der Waals surface area contributed by atoms with Gasteiger partial charge in [0.25, 0.3) is 0 Å². The van der Waals surface area contributed by atoms with E-state index >= 15 is 0 Å². The lowest BCUT2D eigenvalue weighted by molar-refractivity contribution is -0.166. The Balaban J connectivity index is 1.49. The molecule has 226 valence electrons. The Morgan fingerprint density at radius 1 is 1.17 bits per heavy atom. The van der Waals surface area contributed by atoms with Crippen molar-refractivity contribution in [1.82, 2.24) is 24.9 Å². The van der Waals surface area contributed by atoms with Gasteiger partial charge in [-0.2, -0.15) is 5.10 Å². The van der Waals surface area contributed by atoms with Crippen molar-refractivity contribution in [2.75, 3.05) is 44.3 Å². The number of aliphatic hydroxyl groups is 1. The number of carbonyl (C=O) groups is 2. The number of nitrogens with one attached hydrogen (secondary N) is 2. The van der Waals surface area contributed by atoms with Crippen LogP contribution in [0.5, 0.6) is 0 Å². The number of rotatable bonds is 10. The van der Waals surface area contributed by atoms with Crippen LogP contribution < -0.4 is 10.0 Å². The number of methoxy groups -OCH3 is 1. The lowest BCUT2D eigenvalue weighted by atomic mass is 9.80. The van der Waals surface area contributed by atoms with Gasteiger partial charge in [0.05, 0.1) is 30.3 Å². The van der Waals surface area contributed by atoms with Crippen LogP contribution in [0, 0.1) is 19.8 Å². The van der Waals surface area contributed by atoms with E-state index in [1.54, 1.807) is 24.1 Å². The van der Waals surface area contributed by atoms with Gasteiger partial charge in [0.15, 0.2) is 0 Å². The highest BCUT2D eigenvalue weighted by Gasteiger charge is 2.54. The molecule has 4 rings (SSSR count). The lowest BCUT2D eigenvalue weighted by Crippen LogP contribution is -2.75. The Morgan fingerprint density at radius 2 is 1.80 bits per heavy atom. The number of hydrogen-bond acceptors (Lipinski definition) is 8. The molecule has 0 saturated carbocycles. The number of aromatic nitrogens is 2. The lowest BCUT2D eigenvalue weighted by Gasteiger charge is -2.52. The number of ether oxygens (including phenoxy) is 1. The molecule has 2 saturated heterocycles. The van der Waals surface area contributed by atoms with E-state index in [2.05, 4.69) is 14.9 Å². The minimum atomic E-state index is -3.36. The topological polar surface area (TPSA) is 146 Å². The molecule has 2 aliphatic heterocycles. The third-order valence-corrected chi connectivity index (χ3v) is 8.83. The first-order chi connectivity index (χ1) is 19.3. The van der Waals surface area contributed by atoms with Crippen LogP contribution in [0.2, 0.25) is 0 Å². The van der Waals surface area contributed by atoms with Crippen LogP contribution in [-0.2, 0) is 30.9 Å². The molecule has 12 nitrogen and oxygen atoms in total. The van der Waals surface area contributed by atoms with Gasteiger partial charge in [-0.05, 0) is 56.9 Å². The molecule has 1 aromatic carbocycles. The zero-order valence-corrected chi connectivity index (χ0v) is 25.5. The average Bonchev–Trinajstić information content (AvgIpc) is 3.19. The summed E-state index contributed by atoms with van der Waals surface area (Å²) in [6, 6.07) is 6.08. The van der Waals surface area contributed by atoms with Gasteiger partial charge < -0.3 is 20.1 Å². The van der Waals surface area contributed by atoms with Crippen LogP contribution in [0.25, 0.3) is 5.69 Å². The third kappa shape index (κ3) is 6.42. The second-order valence-corrected chi connectivity index (χ2v) is 13.2. The number of piperazine rings is 1. The summed E-state index contributed by atoms with van der Waals surface area (Å²) in [7, 11) is -1.79. The van der Waals surface area contributed by atoms with Crippen molar-refractivity contribution >= 4 is 27.5 Å². The van der Waals surface area contributed by atoms with E-state index in [4.69, 9.17) is 9.84 Å². The van der Waals surface area contributed by atoms with E-state index < -0.39 is 27.7 Å². The Hall–Kier alpha value is -3.00. The van der Waals surface area contributed by atoms with Crippen LogP contribution in [0.4, 0.5) is 5.69 Å². The molecular weight excluding hydrogens is 548 g/mol. The van der Waals surface area contributed by atoms with E-state index in [0.717, 1.165) is 28.9 Å². The van der Waals surface area contributed by atoms with Crippen molar-refractivity contribution in [1.29, 1.82) is 0 Å². The molecule has 3 heterocycles. The quantitative estimate of drug-likeness (QED) is 0.374. The number of nitrogens with zero attached hydrogens (tertiary/aromatic N) is 4. The Morgan fingerprint density at radius 3 is 2.37 bits per heavy atom. The van der Waals surface area contributed by atoms with Gasteiger partial charge in [-0.25, -0.2) is 13.1 Å². The number of hydrogen-bond donors (Lipinski definition) is 3. The molecule has 2 amide bonds. The maximum absolute atomic E-state index is 13.5. The summed E-state index contributed by atoms with van der Waals surface area (Å²) in [5.41, 5.74) is 3.27. The van der Waals surface area contributed by atoms with Gasteiger partial charge in [0, 0.05) is 50.2 Å². The van der Waals surface area contributed by atoms with E-state index in [9.17, 15) is 23.1 Å². The first-order valence-corrected chi connectivity index (χ1v) is 15.8. The fraction of sp³-hybridized carbons (Fsp3) is 0.607. The fourth-order valence-electron chi connectivity index (χ4n) is 5.80. The molecule has 1 spiro atoms. The van der Waals surface area contributed by atoms with Crippen molar-refractivity contribution in [2.45, 2.75) is 64.8 Å². The monoisotopic (exact) mass is 590 g/mol.